The third-order valence-corrected chi connectivity index (χ3v) is 2.83. The van der Waals surface area contributed by atoms with Gasteiger partial charge in [0.25, 0.3) is 5.91 Å². The summed E-state index contributed by atoms with van der Waals surface area (Å²) in [4.78, 5) is 13.9. The maximum atomic E-state index is 12.3. The van der Waals surface area contributed by atoms with E-state index in [1.165, 1.54) is 0 Å². The maximum absolute atomic E-state index is 12.3. The van der Waals surface area contributed by atoms with E-state index in [0.29, 0.717) is 43.4 Å². The van der Waals surface area contributed by atoms with Crippen LogP contribution in [-0.4, -0.2) is 48.8 Å². The Balaban J connectivity index is 3.00. The van der Waals surface area contributed by atoms with E-state index in [1.54, 1.807) is 23.1 Å². The molecule has 0 fully saturated rings. The smallest absolute Gasteiger partial charge is 0.254 e. The van der Waals surface area contributed by atoms with E-state index >= 15 is 0 Å². The number of hydrogen-bond acceptors (Lipinski definition) is 4. The standard InChI is InChI=1S/C15H23NO4/c1-4-16(9-10-17)15(18)12-7-8-13(19-5-2)14(11-12)20-6-3/h7-8,11,17H,4-6,9-10H2,1-3H3. The summed E-state index contributed by atoms with van der Waals surface area (Å²) in [5.74, 6) is 1.09. The van der Waals surface area contributed by atoms with E-state index in [1.807, 2.05) is 20.8 Å². The minimum atomic E-state index is -0.120. The van der Waals surface area contributed by atoms with Crippen molar-refractivity contribution in [3.05, 3.63) is 23.8 Å². The lowest BCUT2D eigenvalue weighted by Gasteiger charge is -2.20. The molecule has 1 rings (SSSR count). The number of amides is 1. The van der Waals surface area contributed by atoms with Crippen LogP contribution >= 0.6 is 0 Å². The number of carbonyl (C=O) groups excluding carboxylic acids is 1. The summed E-state index contributed by atoms with van der Waals surface area (Å²) in [5, 5.41) is 8.98. The fourth-order valence-corrected chi connectivity index (χ4v) is 1.89. The summed E-state index contributed by atoms with van der Waals surface area (Å²) < 4.78 is 11.0. The molecule has 0 radical (unpaired) electrons. The molecule has 0 aliphatic carbocycles. The molecular formula is C15H23NO4. The first-order chi connectivity index (χ1) is 9.67. The first kappa shape index (κ1) is 16.3. The van der Waals surface area contributed by atoms with Gasteiger partial charge in [0.2, 0.25) is 0 Å². The minimum absolute atomic E-state index is 0.0467. The van der Waals surface area contributed by atoms with E-state index in [9.17, 15) is 4.79 Å². The van der Waals surface area contributed by atoms with Gasteiger partial charge in [0, 0.05) is 18.7 Å². The zero-order chi connectivity index (χ0) is 15.0. The molecule has 5 nitrogen and oxygen atoms in total. The number of rotatable bonds is 8. The van der Waals surface area contributed by atoms with Crippen LogP contribution in [0.4, 0.5) is 0 Å². The summed E-state index contributed by atoms with van der Waals surface area (Å²) in [7, 11) is 0. The van der Waals surface area contributed by atoms with E-state index < -0.39 is 0 Å². The summed E-state index contributed by atoms with van der Waals surface area (Å²) >= 11 is 0. The van der Waals surface area contributed by atoms with Crippen molar-refractivity contribution in [1.82, 2.24) is 4.90 Å². The summed E-state index contributed by atoms with van der Waals surface area (Å²) in [6.07, 6.45) is 0. The largest absolute Gasteiger partial charge is 0.490 e. The van der Waals surface area contributed by atoms with Gasteiger partial charge in [-0.1, -0.05) is 0 Å². The van der Waals surface area contributed by atoms with Crippen molar-refractivity contribution in [3.63, 3.8) is 0 Å². The summed E-state index contributed by atoms with van der Waals surface area (Å²) in [5.41, 5.74) is 0.534. The highest BCUT2D eigenvalue weighted by atomic mass is 16.5. The molecule has 0 atom stereocenters. The van der Waals surface area contributed by atoms with Crippen molar-refractivity contribution in [1.29, 1.82) is 0 Å². The average Bonchev–Trinajstić information content (AvgIpc) is 2.46. The highest BCUT2D eigenvalue weighted by Crippen LogP contribution is 2.29. The number of likely N-dealkylation sites (N-methyl/N-ethyl adjacent to an activating group) is 1. The molecule has 1 aromatic rings. The number of ether oxygens (including phenoxy) is 2. The lowest BCUT2D eigenvalue weighted by atomic mass is 10.1. The van der Waals surface area contributed by atoms with Gasteiger partial charge in [-0.15, -0.1) is 0 Å². The van der Waals surface area contributed by atoms with Gasteiger partial charge in [0.05, 0.1) is 19.8 Å². The van der Waals surface area contributed by atoms with Gasteiger partial charge < -0.3 is 19.5 Å². The van der Waals surface area contributed by atoms with Crippen LogP contribution in [0.5, 0.6) is 11.5 Å². The quantitative estimate of drug-likeness (QED) is 0.791. The monoisotopic (exact) mass is 281 g/mol. The van der Waals surface area contributed by atoms with Crippen molar-refractivity contribution in [2.24, 2.45) is 0 Å². The molecule has 0 spiro atoms. The second kappa shape index (κ2) is 8.43. The van der Waals surface area contributed by atoms with Gasteiger partial charge in [-0.3, -0.25) is 4.79 Å². The van der Waals surface area contributed by atoms with E-state index in [4.69, 9.17) is 14.6 Å². The molecule has 0 bridgehead atoms. The van der Waals surface area contributed by atoms with E-state index in [2.05, 4.69) is 0 Å². The number of carbonyl (C=O) groups is 1. The molecule has 0 aliphatic heterocycles. The SMILES string of the molecule is CCOc1ccc(C(=O)N(CC)CCO)cc1OCC. The van der Waals surface area contributed by atoms with Crippen LogP contribution in [0.1, 0.15) is 31.1 Å². The Kier molecular flexibility index (Phi) is 6.87. The van der Waals surface area contributed by atoms with Gasteiger partial charge in [-0.25, -0.2) is 0 Å². The number of benzene rings is 1. The third kappa shape index (κ3) is 4.13. The molecule has 0 aromatic heterocycles. The Bertz CT molecular complexity index is 434. The van der Waals surface area contributed by atoms with Crippen molar-refractivity contribution < 1.29 is 19.4 Å². The van der Waals surface area contributed by atoms with Crippen molar-refractivity contribution in [2.75, 3.05) is 32.9 Å². The number of nitrogens with zero attached hydrogens (tertiary/aromatic N) is 1. The first-order valence-corrected chi connectivity index (χ1v) is 6.97. The van der Waals surface area contributed by atoms with Gasteiger partial charge >= 0.3 is 0 Å². The Morgan fingerprint density at radius 2 is 1.80 bits per heavy atom. The molecule has 112 valence electrons. The van der Waals surface area contributed by atoms with Gasteiger partial charge in [0.1, 0.15) is 0 Å². The molecule has 0 heterocycles. The van der Waals surface area contributed by atoms with Crippen LogP contribution in [0.25, 0.3) is 0 Å². The zero-order valence-electron chi connectivity index (χ0n) is 12.4. The van der Waals surface area contributed by atoms with Gasteiger partial charge in [-0.05, 0) is 39.0 Å². The molecule has 1 N–H and O–H groups in total. The maximum Gasteiger partial charge on any atom is 0.254 e. The lowest BCUT2D eigenvalue weighted by molar-refractivity contribution is 0.0731. The molecule has 1 amide bonds. The van der Waals surface area contributed by atoms with Crippen LogP contribution in [-0.2, 0) is 0 Å². The number of aliphatic hydroxyl groups excluding tert-OH is 1. The molecule has 0 saturated heterocycles. The van der Waals surface area contributed by atoms with Crippen LogP contribution < -0.4 is 9.47 Å². The first-order valence-electron chi connectivity index (χ1n) is 6.97. The molecule has 0 aliphatic rings. The van der Waals surface area contributed by atoms with Crippen LogP contribution in [0.3, 0.4) is 0 Å². The molecule has 0 unspecified atom stereocenters. The van der Waals surface area contributed by atoms with Crippen molar-refractivity contribution >= 4 is 5.91 Å². The zero-order valence-corrected chi connectivity index (χ0v) is 12.4. The molecular weight excluding hydrogens is 258 g/mol. The topological polar surface area (TPSA) is 59.0 Å². The fourth-order valence-electron chi connectivity index (χ4n) is 1.89. The molecule has 5 heteroatoms. The van der Waals surface area contributed by atoms with Crippen molar-refractivity contribution in [2.45, 2.75) is 20.8 Å². The molecule has 20 heavy (non-hydrogen) atoms. The Labute approximate surface area is 120 Å². The lowest BCUT2D eigenvalue weighted by Crippen LogP contribution is -2.33. The van der Waals surface area contributed by atoms with Gasteiger partial charge in [-0.2, -0.15) is 0 Å². The van der Waals surface area contributed by atoms with Crippen LogP contribution in [0.15, 0.2) is 18.2 Å². The van der Waals surface area contributed by atoms with Crippen LogP contribution in [0, 0.1) is 0 Å². The average molecular weight is 281 g/mol. The number of aliphatic hydroxyl groups is 1. The predicted molar refractivity (Wildman–Crippen MR) is 77.4 cm³/mol. The van der Waals surface area contributed by atoms with Crippen LogP contribution in [0.2, 0.25) is 0 Å². The third-order valence-electron chi connectivity index (χ3n) is 2.83. The molecule has 0 saturated carbocycles. The fraction of sp³-hybridized carbons (Fsp3) is 0.533. The Hall–Kier alpha value is -1.75. The van der Waals surface area contributed by atoms with Gasteiger partial charge in [0.15, 0.2) is 11.5 Å². The number of hydrogen-bond donors (Lipinski definition) is 1. The second-order valence-corrected chi connectivity index (χ2v) is 4.14. The van der Waals surface area contributed by atoms with E-state index in [0.717, 1.165) is 0 Å². The highest BCUT2D eigenvalue weighted by Gasteiger charge is 2.16. The second-order valence-electron chi connectivity index (χ2n) is 4.14. The molecule has 1 aromatic carbocycles. The Morgan fingerprint density at radius 1 is 1.15 bits per heavy atom. The minimum Gasteiger partial charge on any atom is -0.490 e. The van der Waals surface area contributed by atoms with Crippen molar-refractivity contribution in [3.8, 4) is 11.5 Å². The highest BCUT2D eigenvalue weighted by molar-refractivity contribution is 5.94. The Morgan fingerprint density at radius 3 is 2.35 bits per heavy atom. The predicted octanol–water partition coefficient (Wildman–Crippen LogP) is 1.94. The summed E-state index contributed by atoms with van der Waals surface area (Å²) in [6, 6.07) is 5.15. The van der Waals surface area contributed by atoms with E-state index in [-0.39, 0.29) is 12.5 Å². The summed E-state index contributed by atoms with van der Waals surface area (Å²) in [6.45, 7) is 7.54. The normalized spacial score (nSPS) is 10.2.